The Bertz CT molecular complexity index is 746. The lowest BCUT2D eigenvalue weighted by molar-refractivity contribution is -0.140. The number of halogens is 1. The second kappa shape index (κ2) is 8.53. The predicted molar refractivity (Wildman–Crippen MR) is 98.4 cm³/mol. The van der Waals surface area contributed by atoms with E-state index < -0.39 is 12.1 Å². The minimum Gasteiger partial charge on any atom is -0.444 e. The van der Waals surface area contributed by atoms with E-state index in [9.17, 15) is 9.59 Å². The van der Waals surface area contributed by atoms with Crippen LogP contribution in [0.15, 0.2) is 48.5 Å². The van der Waals surface area contributed by atoms with Crippen LogP contribution in [0.2, 0.25) is 5.02 Å². The van der Waals surface area contributed by atoms with Gasteiger partial charge >= 0.3 is 5.97 Å². The fraction of sp³-hybridized carbons (Fsp3) is 0.263. The zero-order chi connectivity index (χ0) is 18.4. The van der Waals surface area contributed by atoms with E-state index in [1.54, 1.807) is 29.2 Å². The maximum absolute atomic E-state index is 12.8. The predicted octanol–water partition coefficient (Wildman–Crippen LogP) is 3.69. The first-order chi connectivity index (χ1) is 12.0. The van der Waals surface area contributed by atoms with Crippen molar-refractivity contribution in [2.75, 3.05) is 18.8 Å². The number of hydrogen-bond donors (Lipinski definition) is 1. The van der Waals surface area contributed by atoms with Crippen LogP contribution in [0.1, 0.15) is 35.9 Å². The molecule has 0 spiro atoms. The topological polar surface area (TPSA) is 72.6 Å². The van der Waals surface area contributed by atoms with Gasteiger partial charge in [0, 0.05) is 18.7 Å². The van der Waals surface area contributed by atoms with Crippen molar-refractivity contribution in [3.05, 3.63) is 64.7 Å². The molecular weight excluding hydrogens is 340 g/mol. The highest BCUT2D eigenvalue weighted by Crippen LogP contribution is 2.24. The first-order valence-electron chi connectivity index (χ1n) is 8.07. The van der Waals surface area contributed by atoms with Crippen LogP contribution in [0, 0.1) is 0 Å². The van der Waals surface area contributed by atoms with Gasteiger partial charge in [0.05, 0.1) is 16.3 Å². The molecular formula is C19H21ClN2O3. The number of nitrogens with zero attached hydrogens (tertiary/aromatic N) is 1. The zero-order valence-corrected chi connectivity index (χ0v) is 15.0. The monoisotopic (exact) mass is 360 g/mol. The first kappa shape index (κ1) is 18.8. The summed E-state index contributed by atoms with van der Waals surface area (Å²) in [6, 6.07) is 13.4. The lowest BCUT2D eigenvalue weighted by Gasteiger charge is -2.25. The Morgan fingerprint density at radius 3 is 2.32 bits per heavy atom. The van der Waals surface area contributed by atoms with Gasteiger partial charge < -0.3 is 15.4 Å². The summed E-state index contributed by atoms with van der Waals surface area (Å²) in [6.07, 6.45) is -1.01. The highest BCUT2D eigenvalue weighted by Gasteiger charge is 2.28. The number of esters is 1. The fourth-order valence-corrected chi connectivity index (χ4v) is 2.55. The molecule has 0 bridgehead atoms. The summed E-state index contributed by atoms with van der Waals surface area (Å²) in [5, 5.41) is 0.357. The molecule has 0 aromatic heterocycles. The molecule has 0 aliphatic rings. The van der Waals surface area contributed by atoms with Gasteiger partial charge in [0.25, 0.3) is 5.91 Å². The van der Waals surface area contributed by atoms with Crippen LogP contribution < -0.4 is 5.73 Å². The smallest absolute Gasteiger partial charge is 0.339 e. The van der Waals surface area contributed by atoms with Gasteiger partial charge in [-0.05, 0) is 32.0 Å². The van der Waals surface area contributed by atoms with Crippen molar-refractivity contribution in [1.29, 1.82) is 0 Å². The Morgan fingerprint density at radius 2 is 1.76 bits per heavy atom. The van der Waals surface area contributed by atoms with E-state index in [1.165, 1.54) is 18.2 Å². The highest BCUT2D eigenvalue weighted by atomic mass is 35.5. The summed E-state index contributed by atoms with van der Waals surface area (Å²) in [4.78, 5) is 26.9. The van der Waals surface area contributed by atoms with Crippen LogP contribution >= 0.6 is 11.6 Å². The number of carbonyl (C=O) groups is 2. The summed E-state index contributed by atoms with van der Waals surface area (Å²) in [5.41, 5.74) is 6.88. The second-order valence-electron chi connectivity index (χ2n) is 5.44. The largest absolute Gasteiger partial charge is 0.444 e. The van der Waals surface area contributed by atoms with Gasteiger partial charge in [-0.2, -0.15) is 0 Å². The molecule has 1 amide bonds. The normalized spacial score (nSPS) is 11.6. The molecule has 0 radical (unpaired) electrons. The summed E-state index contributed by atoms with van der Waals surface area (Å²) in [7, 11) is 0. The Balaban J connectivity index is 2.31. The van der Waals surface area contributed by atoms with Crippen molar-refractivity contribution in [2.24, 2.45) is 0 Å². The fourth-order valence-electron chi connectivity index (χ4n) is 2.44. The summed E-state index contributed by atoms with van der Waals surface area (Å²) in [5.74, 6) is -0.885. The maximum Gasteiger partial charge on any atom is 0.339 e. The van der Waals surface area contributed by atoms with E-state index in [4.69, 9.17) is 22.1 Å². The van der Waals surface area contributed by atoms with E-state index in [1.807, 2.05) is 19.9 Å². The van der Waals surface area contributed by atoms with Gasteiger partial charge in [0.15, 0.2) is 0 Å². The molecule has 0 unspecified atom stereocenters. The van der Waals surface area contributed by atoms with Gasteiger partial charge in [-0.15, -0.1) is 0 Å². The molecule has 0 saturated carbocycles. The maximum atomic E-state index is 12.8. The van der Waals surface area contributed by atoms with Crippen LogP contribution in [-0.2, 0) is 9.53 Å². The lowest BCUT2D eigenvalue weighted by Crippen LogP contribution is -2.36. The number of nitrogens with two attached hydrogens (primary N) is 1. The third-order valence-electron chi connectivity index (χ3n) is 3.86. The third kappa shape index (κ3) is 4.51. The molecule has 2 N–H and O–H groups in total. The summed E-state index contributed by atoms with van der Waals surface area (Å²) >= 11 is 5.88. The molecule has 0 aliphatic carbocycles. The lowest BCUT2D eigenvalue weighted by atomic mass is 10.1. The Labute approximate surface area is 152 Å². The average Bonchev–Trinajstić information content (AvgIpc) is 2.63. The number of carbonyl (C=O) groups excluding carboxylic acids is 2. The Kier molecular flexibility index (Phi) is 6.42. The van der Waals surface area contributed by atoms with Crippen molar-refractivity contribution in [3.63, 3.8) is 0 Å². The number of nitrogen functional groups attached to an aromatic ring is 1. The van der Waals surface area contributed by atoms with Crippen LogP contribution in [0.5, 0.6) is 0 Å². The molecule has 6 heteroatoms. The van der Waals surface area contributed by atoms with Crippen molar-refractivity contribution in [1.82, 2.24) is 4.90 Å². The quantitative estimate of drug-likeness (QED) is 0.630. The van der Waals surface area contributed by atoms with Gasteiger partial charge in [-0.3, -0.25) is 4.79 Å². The summed E-state index contributed by atoms with van der Waals surface area (Å²) < 4.78 is 5.54. The van der Waals surface area contributed by atoms with Crippen molar-refractivity contribution in [2.45, 2.75) is 20.0 Å². The number of hydrogen-bond acceptors (Lipinski definition) is 4. The first-order valence-corrected chi connectivity index (χ1v) is 8.45. The van der Waals surface area contributed by atoms with Crippen molar-refractivity contribution < 1.29 is 14.3 Å². The zero-order valence-electron chi connectivity index (χ0n) is 14.2. The van der Waals surface area contributed by atoms with Crippen LogP contribution in [0.3, 0.4) is 0 Å². The molecule has 132 valence electrons. The molecule has 5 nitrogen and oxygen atoms in total. The van der Waals surface area contributed by atoms with Crippen molar-refractivity contribution >= 4 is 29.2 Å². The standard InChI is InChI=1S/C19H21ClN2O3/c1-3-22(4-2)18(23)17(13-8-6-5-7-9-13)25-19(24)14-10-11-15(20)16(21)12-14/h5-12,17H,3-4,21H2,1-2H3/t17-/m0/s1. The molecule has 0 aliphatic heterocycles. The summed E-state index contributed by atoms with van der Waals surface area (Å²) in [6.45, 7) is 4.82. The van der Waals surface area contributed by atoms with Gasteiger partial charge in [-0.1, -0.05) is 41.9 Å². The molecule has 2 aromatic carbocycles. The number of likely N-dealkylation sites (N-methyl/N-ethyl adjacent to an activating group) is 1. The molecule has 25 heavy (non-hydrogen) atoms. The number of amides is 1. The average molecular weight is 361 g/mol. The number of ether oxygens (including phenoxy) is 1. The Morgan fingerprint density at radius 1 is 1.12 bits per heavy atom. The minimum absolute atomic E-state index is 0.246. The molecule has 2 aromatic rings. The molecule has 0 saturated heterocycles. The van der Waals surface area contributed by atoms with E-state index >= 15 is 0 Å². The van der Waals surface area contributed by atoms with Gasteiger partial charge in [0.1, 0.15) is 0 Å². The van der Waals surface area contributed by atoms with E-state index in [2.05, 4.69) is 0 Å². The highest BCUT2D eigenvalue weighted by molar-refractivity contribution is 6.33. The van der Waals surface area contributed by atoms with E-state index in [0.29, 0.717) is 23.7 Å². The number of anilines is 1. The molecule has 0 fully saturated rings. The molecule has 1 atom stereocenters. The van der Waals surface area contributed by atoms with Crippen LogP contribution in [0.25, 0.3) is 0 Å². The second-order valence-corrected chi connectivity index (χ2v) is 5.85. The number of rotatable bonds is 6. The number of benzene rings is 2. The van der Waals surface area contributed by atoms with E-state index in [0.717, 1.165) is 0 Å². The van der Waals surface area contributed by atoms with E-state index in [-0.39, 0.29) is 17.2 Å². The van der Waals surface area contributed by atoms with Crippen LogP contribution in [0.4, 0.5) is 5.69 Å². The van der Waals surface area contributed by atoms with Gasteiger partial charge in [0.2, 0.25) is 6.10 Å². The van der Waals surface area contributed by atoms with Crippen molar-refractivity contribution in [3.8, 4) is 0 Å². The third-order valence-corrected chi connectivity index (χ3v) is 4.20. The van der Waals surface area contributed by atoms with Gasteiger partial charge in [-0.25, -0.2) is 4.79 Å². The molecule has 2 rings (SSSR count). The SMILES string of the molecule is CCN(CC)C(=O)[C@@H](OC(=O)c1ccc(Cl)c(N)c1)c1ccccc1. The van der Waals surface area contributed by atoms with Crippen LogP contribution in [-0.4, -0.2) is 29.9 Å². The Hall–Kier alpha value is -2.53. The molecule has 0 heterocycles. The minimum atomic E-state index is -1.01.